The van der Waals surface area contributed by atoms with E-state index in [0.29, 0.717) is 11.9 Å². The van der Waals surface area contributed by atoms with Crippen LogP contribution in [0.3, 0.4) is 0 Å². The lowest BCUT2D eigenvalue weighted by Crippen LogP contribution is -2.30. The maximum Gasteiger partial charge on any atom is 0.150 e. The van der Waals surface area contributed by atoms with Gasteiger partial charge in [0.05, 0.1) is 11.7 Å². The van der Waals surface area contributed by atoms with Gasteiger partial charge in [-0.25, -0.2) is 0 Å². The normalized spacial score (nSPS) is 21.9. The van der Waals surface area contributed by atoms with E-state index in [1.165, 1.54) is 11.3 Å². The standard InChI is InChI=1S/C10H17N5/c11-10-8-5-13-6-9(8)15(14-10)7-1-3-12-4-2-7/h7,12-13H,1-6H2,(H2,11,14). The third kappa shape index (κ3) is 1.42. The molecule has 0 saturated carbocycles. The average Bonchev–Trinajstić information content (AvgIpc) is 2.84. The summed E-state index contributed by atoms with van der Waals surface area (Å²) in [6.07, 6.45) is 2.32. The van der Waals surface area contributed by atoms with E-state index >= 15 is 0 Å². The molecule has 82 valence electrons. The Morgan fingerprint density at radius 3 is 2.80 bits per heavy atom. The number of rotatable bonds is 1. The summed E-state index contributed by atoms with van der Waals surface area (Å²) in [4.78, 5) is 0. The molecule has 0 radical (unpaired) electrons. The molecule has 4 N–H and O–H groups in total. The van der Waals surface area contributed by atoms with E-state index in [2.05, 4.69) is 20.4 Å². The molecule has 5 heteroatoms. The number of piperidine rings is 1. The Labute approximate surface area is 89.0 Å². The minimum absolute atomic E-state index is 0.539. The second-order valence-electron chi connectivity index (χ2n) is 4.34. The predicted octanol–water partition coefficient (Wildman–Crippen LogP) is -0.00700. The summed E-state index contributed by atoms with van der Waals surface area (Å²) in [7, 11) is 0. The van der Waals surface area contributed by atoms with Crippen LogP contribution in [0.15, 0.2) is 0 Å². The summed E-state index contributed by atoms with van der Waals surface area (Å²) >= 11 is 0. The maximum absolute atomic E-state index is 5.91. The lowest BCUT2D eigenvalue weighted by molar-refractivity contribution is 0.335. The largest absolute Gasteiger partial charge is 0.382 e. The first kappa shape index (κ1) is 9.18. The van der Waals surface area contributed by atoms with Gasteiger partial charge in [-0.05, 0) is 25.9 Å². The quantitative estimate of drug-likeness (QED) is 0.606. The molecule has 0 amide bonds. The average molecular weight is 207 g/mol. The summed E-state index contributed by atoms with van der Waals surface area (Å²) < 4.78 is 2.16. The van der Waals surface area contributed by atoms with Gasteiger partial charge in [-0.1, -0.05) is 0 Å². The second-order valence-corrected chi connectivity index (χ2v) is 4.34. The Morgan fingerprint density at radius 2 is 2.00 bits per heavy atom. The van der Waals surface area contributed by atoms with Gasteiger partial charge in [0.2, 0.25) is 0 Å². The summed E-state index contributed by atoms with van der Waals surface area (Å²) in [6.45, 7) is 3.98. The van der Waals surface area contributed by atoms with Crippen molar-refractivity contribution in [2.45, 2.75) is 32.0 Å². The van der Waals surface area contributed by atoms with E-state index in [-0.39, 0.29) is 0 Å². The predicted molar refractivity (Wildman–Crippen MR) is 58.3 cm³/mol. The van der Waals surface area contributed by atoms with Crippen LogP contribution >= 0.6 is 0 Å². The summed E-state index contributed by atoms with van der Waals surface area (Å²) in [6, 6.07) is 0.539. The van der Waals surface area contributed by atoms with Crippen molar-refractivity contribution < 1.29 is 0 Å². The highest BCUT2D eigenvalue weighted by atomic mass is 15.3. The molecule has 5 nitrogen and oxygen atoms in total. The highest BCUT2D eigenvalue weighted by molar-refractivity contribution is 5.44. The van der Waals surface area contributed by atoms with Crippen molar-refractivity contribution in [3.63, 3.8) is 0 Å². The Morgan fingerprint density at radius 1 is 1.20 bits per heavy atom. The van der Waals surface area contributed by atoms with Gasteiger partial charge in [0.15, 0.2) is 0 Å². The van der Waals surface area contributed by atoms with Crippen LogP contribution < -0.4 is 16.4 Å². The smallest absolute Gasteiger partial charge is 0.150 e. The Hall–Kier alpha value is -1.07. The fourth-order valence-corrected chi connectivity index (χ4v) is 2.56. The van der Waals surface area contributed by atoms with E-state index < -0.39 is 0 Å². The zero-order chi connectivity index (χ0) is 10.3. The Balaban J connectivity index is 1.93. The van der Waals surface area contributed by atoms with E-state index in [1.54, 1.807) is 0 Å². The number of nitrogens with zero attached hydrogens (tertiary/aromatic N) is 2. The lowest BCUT2D eigenvalue weighted by Gasteiger charge is -2.24. The topological polar surface area (TPSA) is 67.9 Å². The second kappa shape index (κ2) is 3.50. The number of anilines is 1. The van der Waals surface area contributed by atoms with Crippen molar-refractivity contribution in [3.8, 4) is 0 Å². The summed E-state index contributed by atoms with van der Waals surface area (Å²) in [5.41, 5.74) is 8.43. The molecule has 0 aliphatic carbocycles. The van der Waals surface area contributed by atoms with Crippen molar-refractivity contribution in [2.75, 3.05) is 18.8 Å². The van der Waals surface area contributed by atoms with Gasteiger partial charge < -0.3 is 16.4 Å². The molecule has 0 unspecified atom stereocenters. The van der Waals surface area contributed by atoms with Gasteiger partial charge in [-0.2, -0.15) is 5.10 Å². The van der Waals surface area contributed by atoms with Gasteiger partial charge in [0.1, 0.15) is 5.82 Å². The molecule has 0 atom stereocenters. The van der Waals surface area contributed by atoms with E-state index in [4.69, 9.17) is 5.73 Å². The number of fused-ring (bicyclic) bond motifs is 1. The minimum Gasteiger partial charge on any atom is -0.382 e. The minimum atomic E-state index is 0.539. The van der Waals surface area contributed by atoms with Gasteiger partial charge in [0, 0.05) is 18.7 Å². The molecule has 1 aromatic heterocycles. The zero-order valence-electron chi connectivity index (χ0n) is 8.79. The number of hydrogen-bond acceptors (Lipinski definition) is 4. The number of aromatic nitrogens is 2. The van der Waals surface area contributed by atoms with Crippen LogP contribution in [0.4, 0.5) is 5.82 Å². The fraction of sp³-hybridized carbons (Fsp3) is 0.700. The van der Waals surface area contributed by atoms with Gasteiger partial charge in [-0.15, -0.1) is 0 Å². The van der Waals surface area contributed by atoms with Crippen molar-refractivity contribution in [2.24, 2.45) is 0 Å². The van der Waals surface area contributed by atoms with Crippen molar-refractivity contribution in [1.82, 2.24) is 20.4 Å². The molecule has 2 aliphatic rings. The molecule has 0 spiro atoms. The molecule has 0 aromatic carbocycles. The molecule has 1 aromatic rings. The SMILES string of the molecule is Nc1nn(C2CCNCC2)c2c1CNC2. The number of nitrogen functional groups attached to an aromatic ring is 1. The van der Waals surface area contributed by atoms with Gasteiger partial charge >= 0.3 is 0 Å². The van der Waals surface area contributed by atoms with Crippen LogP contribution in [-0.2, 0) is 13.1 Å². The first-order valence-corrected chi connectivity index (χ1v) is 5.63. The fourth-order valence-electron chi connectivity index (χ4n) is 2.56. The number of nitrogens with one attached hydrogen (secondary N) is 2. The molecule has 1 saturated heterocycles. The molecule has 0 bridgehead atoms. The highest BCUT2D eigenvalue weighted by Crippen LogP contribution is 2.27. The lowest BCUT2D eigenvalue weighted by atomic mass is 10.1. The summed E-state index contributed by atoms with van der Waals surface area (Å²) in [5, 5.41) is 11.2. The van der Waals surface area contributed by atoms with Crippen molar-refractivity contribution >= 4 is 5.82 Å². The van der Waals surface area contributed by atoms with Crippen molar-refractivity contribution in [3.05, 3.63) is 11.3 Å². The van der Waals surface area contributed by atoms with E-state index in [0.717, 1.165) is 39.0 Å². The Kier molecular flexibility index (Phi) is 2.14. The molecule has 15 heavy (non-hydrogen) atoms. The molecular formula is C10H17N5. The molecule has 1 fully saturated rings. The monoisotopic (exact) mass is 207 g/mol. The van der Waals surface area contributed by atoms with E-state index in [1.807, 2.05) is 0 Å². The summed E-state index contributed by atoms with van der Waals surface area (Å²) in [5.74, 6) is 0.716. The number of nitrogens with two attached hydrogens (primary N) is 1. The van der Waals surface area contributed by atoms with Gasteiger partial charge in [0.25, 0.3) is 0 Å². The first-order valence-electron chi connectivity index (χ1n) is 5.63. The highest BCUT2D eigenvalue weighted by Gasteiger charge is 2.25. The third-order valence-electron chi connectivity index (χ3n) is 3.40. The van der Waals surface area contributed by atoms with Crippen LogP contribution in [-0.4, -0.2) is 22.9 Å². The van der Waals surface area contributed by atoms with E-state index in [9.17, 15) is 0 Å². The van der Waals surface area contributed by atoms with Crippen LogP contribution in [0.5, 0.6) is 0 Å². The van der Waals surface area contributed by atoms with Crippen LogP contribution in [0, 0.1) is 0 Å². The Bertz CT molecular complexity index is 364. The van der Waals surface area contributed by atoms with Crippen LogP contribution in [0.25, 0.3) is 0 Å². The van der Waals surface area contributed by atoms with Gasteiger partial charge in [-0.3, -0.25) is 4.68 Å². The molecule has 2 aliphatic heterocycles. The molecular weight excluding hydrogens is 190 g/mol. The third-order valence-corrected chi connectivity index (χ3v) is 3.40. The van der Waals surface area contributed by atoms with Crippen molar-refractivity contribution in [1.29, 1.82) is 0 Å². The zero-order valence-corrected chi connectivity index (χ0v) is 8.79. The number of hydrogen-bond donors (Lipinski definition) is 3. The van der Waals surface area contributed by atoms with Crippen LogP contribution in [0.1, 0.15) is 30.1 Å². The first-order chi connectivity index (χ1) is 7.36. The molecule has 3 heterocycles. The van der Waals surface area contributed by atoms with Crippen LogP contribution in [0.2, 0.25) is 0 Å². The maximum atomic E-state index is 5.91. The molecule has 3 rings (SSSR count).